The van der Waals surface area contributed by atoms with E-state index >= 15 is 0 Å². The van der Waals surface area contributed by atoms with Crippen molar-refractivity contribution in [2.45, 2.75) is 5.41 Å². The summed E-state index contributed by atoms with van der Waals surface area (Å²) in [6.45, 7) is 0. The lowest BCUT2D eigenvalue weighted by molar-refractivity contribution is 0.670. The molecule has 8 aromatic carbocycles. The summed E-state index contributed by atoms with van der Waals surface area (Å²) < 4.78 is 6.77. The quantitative estimate of drug-likeness (QED) is 0.178. The van der Waals surface area contributed by atoms with Crippen LogP contribution in [0.1, 0.15) is 22.3 Å². The largest absolute Gasteiger partial charge is 0.455 e. The molecule has 1 heterocycles. The first kappa shape index (κ1) is 29.3. The zero-order valence-electron chi connectivity index (χ0n) is 27.9. The lowest BCUT2D eigenvalue weighted by atomic mass is 9.67. The molecule has 0 atom stereocenters. The molecule has 0 aliphatic heterocycles. The maximum absolute atomic E-state index is 6.77. The van der Waals surface area contributed by atoms with Crippen molar-refractivity contribution in [2.24, 2.45) is 0 Å². The molecule has 9 aromatic rings. The van der Waals surface area contributed by atoms with Gasteiger partial charge >= 0.3 is 0 Å². The average molecular weight is 652 g/mol. The van der Waals surface area contributed by atoms with Crippen molar-refractivity contribution in [3.8, 4) is 22.3 Å². The Morgan fingerprint density at radius 2 is 0.922 bits per heavy atom. The second-order valence-corrected chi connectivity index (χ2v) is 13.3. The van der Waals surface area contributed by atoms with Crippen molar-refractivity contribution >= 4 is 39.0 Å². The first-order chi connectivity index (χ1) is 25.3. The van der Waals surface area contributed by atoms with E-state index < -0.39 is 5.41 Å². The molecular formula is C49H33NO. The van der Waals surface area contributed by atoms with Gasteiger partial charge in [0.25, 0.3) is 0 Å². The zero-order chi connectivity index (χ0) is 33.8. The van der Waals surface area contributed by atoms with Crippen LogP contribution in [0.15, 0.2) is 205 Å². The summed E-state index contributed by atoms with van der Waals surface area (Å²) in [5, 5.41) is 2.20. The molecule has 1 aromatic heterocycles. The molecule has 0 bridgehead atoms. The number of anilines is 3. The van der Waals surface area contributed by atoms with Crippen molar-refractivity contribution in [1.82, 2.24) is 0 Å². The standard InChI is InChI=1S/C49H33NO/c1-5-17-35(18-6-1)49(36-19-7-2-8-20-36)45-27-15-13-25-40(45)41-30-29-34(31-46(41)49)43-32-39(33-44-42-26-14-16-28-47(42)51-48(43)44)50(37-21-9-3-10-22-37)38-23-11-4-12-24-38/h1-33H. The highest BCUT2D eigenvalue weighted by atomic mass is 16.3. The Balaban J connectivity index is 1.28. The molecule has 0 unspecified atom stereocenters. The van der Waals surface area contributed by atoms with Crippen LogP contribution < -0.4 is 4.90 Å². The molecule has 0 spiro atoms. The summed E-state index contributed by atoms with van der Waals surface area (Å²) in [6.07, 6.45) is 0. The summed E-state index contributed by atoms with van der Waals surface area (Å²) >= 11 is 0. The van der Waals surface area contributed by atoms with E-state index in [1.807, 2.05) is 6.07 Å². The number of nitrogens with zero attached hydrogens (tertiary/aromatic N) is 1. The molecule has 1 aliphatic carbocycles. The highest BCUT2D eigenvalue weighted by Crippen LogP contribution is 2.57. The molecule has 10 rings (SSSR count). The van der Waals surface area contributed by atoms with Gasteiger partial charge in [-0.25, -0.2) is 0 Å². The smallest absolute Gasteiger partial charge is 0.143 e. The highest BCUT2D eigenvalue weighted by Gasteiger charge is 2.46. The molecule has 0 radical (unpaired) electrons. The Bertz CT molecular complexity index is 2600. The van der Waals surface area contributed by atoms with Gasteiger partial charge in [0.1, 0.15) is 11.2 Å². The SMILES string of the molecule is c1ccc(N(c2ccccc2)c2cc(-c3ccc4c(c3)C(c3ccccc3)(c3ccccc3)c3ccccc3-4)c3oc4ccccc4c3c2)cc1. The molecule has 0 N–H and O–H groups in total. The Morgan fingerprint density at radius 3 is 1.59 bits per heavy atom. The third kappa shape index (κ3) is 4.50. The number of hydrogen-bond acceptors (Lipinski definition) is 2. The fourth-order valence-electron chi connectivity index (χ4n) is 8.37. The van der Waals surface area contributed by atoms with Crippen LogP contribution in [0.4, 0.5) is 17.1 Å². The number of rotatable bonds is 6. The highest BCUT2D eigenvalue weighted by molar-refractivity contribution is 6.12. The summed E-state index contributed by atoms with van der Waals surface area (Å²) in [6, 6.07) is 72.1. The molecule has 0 fully saturated rings. The van der Waals surface area contributed by atoms with Crippen molar-refractivity contribution in [3.05, 3.63) is 222 Å². The van der Waals surface area contributed by atoms with E-state index in [0.717, 1.165) is 50.1 Å². The number of para-hydroxylation sites is 3. The van der Waals surface area contributed by atoms with E-state index in [2.05, 4.69) is 199 Å². The van der Waals surface area contributed by atoms with Crippen LogP contribution >= 0.6 is 0 Å². The molecular weight excluding hydrogens is 619 g/mol. The lowest BCUT2D eigenvalue weighted by Crippen LogP contribution is -2.28. The van der Waals surface area contributed by atoms with E-state index in [1.165, 1.54) is 33.4 Å². The molecule has 51 heavy (non-hydrogen) atoms. The predicted molar refractivity (Wildman–Crippen MR) is 211 cm³/mol. The zero-order valence-corrected chi connectivity index (χ0v) is 27.9. The summed E-state index contributed by atoms with van der Waals surface area (Å²) in [5.41, 5.74) is 14.3. The maximum Gasteiger partial charge on any atom is 0.143 e. The van der Waals surface area contributed by atoms with E-state index in [1.54, 1.807) is 0 Å². The van der Waals surface area contributed by atoms with Gasteiger partial charge in [-0.05, 0) is 87.5 Å². The van der Waals surface area contributed by atoms with Crippen molar-refractivity contribution in [3.63, 3.8) is 0 Å². The Kier molecular flexibility index (Phi) is 6.75. The van der Waals surface area contributed by atoms with Gasteiger partial charge in [-0.2, -0.15) is 0 Å². The normalized spacial score (nSPS) is 12.9. The van der Waals surface area contributed by atoms with E-state index in [-0.39, 0.29) is 0 Å². The van der Waals surface area contributed by atoms with Gasteiger partial charge in [-0.3, -0.25) is 0 Å². The number of benzene rings is 8. The minimum Gasteiger partial charge on any atom is -0.455 e. The Labute approximate surface area is 297 Å². The summed E-state index contributed by atoms with van der Waals surface area (Å²) in [5.74, 6) is 0. The van der Waals surface area contributed by atoms with Crippen molar-refractivity contribution < 1.29 is 4.42 Å². The number of fused-ring (bicyclic) bond motifs is 6. The van der Waals surface area contributed by atoms with Crippen LogP contribution in [-0.2, 0) is 5.41 Å². The Hall–Kier alpha value is -6.64. The molecule has 0 saturated carbocycles. The van der Waals surface area contributed by atoms with Gasteiger partial charge in [0, 0.05) is 33.4 Å². The van der Waals surface area contributed by atoms with Gasteiger partial charge in [-0.15, -0.1) is 0 Å². The minimum atomic E-state index is -0.491. The van der Waals surface area contributed by atoms with Crippen LogP contribution in [0.5, 0.6) is 0 Å². The van der Waals surface area contributed by atoms with Gasteiger partial charge in [-0.1, -0.05) is 152 Å². The second kappa shape index (κ2) is 11.8. The van der Waals surface area contributed by atoms with Gasteiger partial charge < -0.3 is 9.32 Å². The molecule has 1 aliphatic rings. The van der Waals surface area contributed by atoms with Gasteiger partial charge in [0.15, 0.2) is 0 Å². The van der Waals surface area contributed by atoms with Crippen LogP contribution in [-0.4, -0.2) is 0 Å². The summed E-state index contributed by atoms with van der Waals surface area (Å²) in [4.78, 5) is 2.34. The topological polar surface area (TPSA) is 16.4 Å². The van der Waals surface area contributed by atoms with Crippen LogP contribution in [0.3, 0.4) is 0 Å². The summed E-state index contributed by atoms with van der Waals surface area (Å²) in [7, 11) is 0. The monoisotopic (exact) mass is 651 g/mol. The fourth-order valence-corrected chi connectivity index (χ4v) is 8.37. The van der Waals surface area contributed by atoms with Crippen LogP contribution in [0, 0.1) is 0 Å². The Morgan fingerprint density at radius 1 is 0.373 bits per heavy atom. The van der Waals surface area contributed by atoms with Crippen molar-refractivity contribution in [1.29, 1.82) is 0 Å². The van der Waals surface area contributed by atoms with E-state index in [9.17, 15) is 0 Å². The van der Waals surface area contributed by atoms with Gasteiger partial charge in [0.05, 0.1) is 5.41 Å². The lowest BCUT2D eigenvalue weighted by Gasteiger charge is -2.34. The average Bonchev–Trinajstić information content (AvgIpc) is 3.73. The molecule has 240 valence electrons. The van der Waals surface area contributed by atoms with E-state index in [0.29, 0.717) is 0 Å². The maximum atomic E-state index is 6.77. The molecule has 2 heteroatoms. The van der Waals surface area contributed by atoms with E-state index in [4.69, 9.17) is 4.42 Å². The first-order valence-corrected chi connectivity index (χ1v) is 17.5. The molecule has 0 amide bonds. The molecule has 0 saturated heterocycles. The van der Waals surface area contributed by atoms with Crippen molar-refractivity contribution in [2.75, 3.05) is 4.90 Å². The number of furan rings is 1. The fraction of sp³-hybridized carbons (Fsp3) is 0.0204. The van der Waals surface area contributed by atoms with Gasteiger partial charge in [0.2, 0.25) is 0 Å². The van der Waals surface area contributed by atoms with Crippen LogP contribution in [0.25, 0.3) is 44.2 Å². The van der Waals surface area contributed by atoms with Crippen LogP contribution in [0.2, 0.25) is 0 Å². The number of hydrogen-bond donors (Lipinski definition) is 0. The minimum absolute atomic E-state index is 0.491. The molecule has 2 nitrogen and oxygen atoms in total. The second-order valence-electron chi connectivity index (χ2n) is 13.3. The predicted octanol–water partition coefficient (Wildman–Crippen LogP) is 13.1. The third-order valence-corrected chi connectivity index (χ3v) is 10.5. The first-order valence-electron chi connectivity index (χ1n) is 17.5. The third-order valence-electron chi connectivity index (χ3n) is 10.5.